The quantitative estimate of drug-likeness (QED) is 0.859. The lowest BCUT2D eigenvalue weighted by atomic mass is 10.0. The van der Waals surface area contributed by atoms with E-state index in [1.807, 2.05) is 19.1 Å². The van der Waals surface area contributed by atoms with Gasteiger partial charge in [-0.1, -0.05) is 11.6 Å². The molecule has 0 saturated heterocycles. The maximum absolute atomic E-state index is 6.10. The molecule has 3 heteroatoms. The summed E-state index contributed by atoms with van der Waals surface area (Å²) in [5.41, 5.74) is 8.24. The van der Waals surface area contributed by atoms with E-state index in [1.165, 1.54) is 0 Å². The molecule has 0 unspecified atom stereocenters. The maximum atomic E-state index is 6.10. The van der Waals surface area contributed by atoms with Gasteiger partial charge < -0.3 is 10.5 Å². The van der Waals surface area contributed by atoms with Crippen LogP contribution in [0.1, 0.15) is 24.0 Å². The van der Waals surface area contributed by atoms with E-state index in [0.29, 0.717) is 0 Å². The van der Waals surface area contributed by atoms with Crippen LogP contribution in [0, 0.1) is 6.92 Å². The first-order valence-electron chi connectivity index (χ1n) is 5.16. The second kappa shape index (κ2) is 3.69. The van der Waals surface area contributed by atoms with Crippen molar-refractivity contribution in [2.24, 2.45) is 5.73 Å². The van der Waals surface area contributed by atoms with E-state index < -0.39 is 0 Å². The molecule has 1 aliphatic carbocycles. The van der Waals surface area contributed by atoms with Crippen molar-refractivity contribution in [3.8, 4) is 5.75 Å². The molecule has 1 aromatic rings. The predicted molar refractivity (Wildman–Crippen MR) is 62.6 cm³/mol. The van der Waals surface area contributed by atoms with Crippen LogP contribution in [0.3, 0.4) is 0 Å². The molecule has 0 radical (unpaired) electrons. The summed E-state index contributed by atoms with van der Waals surface area (Å²) in [6.07, 6.45) is 3.06. The van der Waals surface area contributed by atoms with Gasteiger partial charge in [0.15, 0.2) is 0 Å². The van der Waals surface area contributed by atoms with Crippen molar-refractivity contribution in [3.63, 3.8) is 0 Å². The molecule has 0 bridgehead atoms. The molecule has 0 aromatic heterocycles. The van der Waals surface area contributed by atoms with E-state index in [-0.39, 0.29) is 5.54 Å². The molecule has 0 aliphatic heterocycles. The summed E-state index contributed by atoms with van der Waals surface area (Å²) >= 11 is 6.10. The first-order valence-corrected chi connectivity index (χ1v) is 5.54. The number of nitrogens with two attached hydrogens (primary N) is 1. The fourth-order valence-electron chi connectivity index (χ4n) is 1.74. The van der Waals surface area contributed by atoms with E-state index in [0.717, 1.165) is 41.2 Å². The van der Waals surface area contributed by atoms with Crippen LogP contribution >= 0.6 is 11.6 Å². The number of hydrogen-bond acceptors (Lipinski definition) is 2. The van der Waals surface area contributed by atoms with Crippen molar-refractivity contribution in [1.82, 2.24) is 0 Å². The van der Waals surface area contributed by atoms with Crippen LogP contribution in [-0.2, 0) is 6.42 Å². The maximum Gasteiger partial charge on any atom is 0.122 e. The average Bonchev–Trinajstić information content (AvgIpc) is 2.89. The zero-order valence-corrected chi connectivity index (χ0v) is 9.90. The minimum atomic E-state index is -0.00807. The topological polar surface area (TPSA) is 35.2 Å². The third-order valence-electron chi connectivity index (χ3n) is 3.00. The van der Waals surface area contributed by atoms with Gasteiger partial charge in [0.25, 0.3) is 0 Å². The minimum Gasteiger partial charge on any atom is -0.496 e. The van der Waals surface area contributed by atoms with Gasteiger partial charge in [0.05, 0.1) is 7.11 Å². The Bertz CT molecular complexity index is 385. The molecule has 2 rings (SSSR count). The number of halogens is 1. The van der Waals surface area contributed by atoms with Crippen molar-refractivity contribution < 1.29 is 4.74 Å². The number of methoxy groups -OCH3 is 1. The second-order valence-electron chi connectivity index (χ2n) is 4.45. The zero-order valence-electron chi connectivity index (χ0n) is 9.14. The molecular weight excluding hydrogens is 210 g/mol. The highest BCUT2D eigenvalue weighted by atomic mass is 35.5. The van der Waals surface area contributed by atoms with Gasteiger partial charge in [-0.25, -0.2) is 0 Å². The fourth-order valence-corrected chi connectivity index (χ4v) is 1.93. The van der Waals surface area contributed by atoms with Crippen LogP contribution in [-0.4, -0.2) is 12.6 Å². The van der Waals surface area contributed by atoms with E-state index in [9.17, 15) is 0 Å². The van der Waals surface area contributed by atoms with Crippen molar-refractivity contribution in [2.75, 3.05) is 7.11 Å². The van der Waals surface area contributed by atoms with Crippen LogP contribution in [0.4, 0.5) is 0 Å². The van der Waals surface area contributed by atoms with Crippen molar-refractivity contribution >= 4 is 11.6 Å². The van der Waals surface area contributed by atoms with Gasteiger partial charge in [0.1, 0.15) is 5.75 Å². The fraction of sp³-hybridized carbons (Fsp3) is 0.500. The Balaban J connectivity index is 2.31. The summed E-state index contributed by atoms with van der Waals surface area (Å²) in [5, 5.41) is 0.787. The Morgan fingerprint density at radius 2 is 2.13 bits per heavy atom. The van der Waals surface area contributed by atoms with E-state index >= 15 is 0 Å². The first-order chi connectivity index (χ1) is 7.04. The number of ether oxygens (including phenoxy) is 1. The second-order valence-corrected chi connectivity index (χ2v) is 4.86. The summed E-state index contributed by atoms with van der Waals surface area (Å²) in [6.45, 7) is 1.98. The van der Waals surface area contributed by atoms with E-state index in [1.54, 1.807) is 7.11 Å². The lowest BCUT2D eigenvalue weighted by molar-refractivity contribution is 0.407. The number of rotatable bonds is 3. The Morgan fingerprint density at radius 3 is 2.67 bits per heavy atom. The first kappa shape index (κ1) is 10.8. The van der Waals surface area contributed by atoms with Crippen LogP contribution in [0.2, 0.25) is 5.02 Å². The Morgan fingerprint density at radius 1 is 1.47 bits per heavy atom. The predicted octanol–water partition coefficient (Wildman–Crippen LogP) is 2.69. The van der Waals surface area contributed by atoms with Gasteiger partial charge in [-0.3, -0.25) is 0 Å². The molecule has 15 heavy (non-hydrogen) atoms. The molecule has 0 amide bonds. The molecule has 1 fully saturated rings. The minimum absolute atomic E-state index is 0.00807. The van der Waals surface area contributed by atoms with Gasteiger partial charge in [-0.05, 0) is 49.4 Å². The van der Waals surface area contributed by atoms with Gasteiger partial charge in [-0.15, -0.1) is 0 Å². The highest BCUT2D eigenvalue weighted by molar-refractivity contribution is 6.31. The largest absolute Gasteiger partial charge is 0.496 e. The molecule has 1 aliphatic rings. The summed E-state index contributed by atoms with van der Waals surface area (Å²) in [4.78, 5) is 0. The molecule has 1 saturated carbocycles. The number of aryl methyl sites for hydroxylation is 1. The van der Waals surface area contributed by atoms with Gasteiger partial charge >= 0.3 is 0 Å². The van der Waals surface area contributed by atoms with Gasteiger partial charge in [-0.2, -0.15) is 0 Å². The van der Waals surface area contributed by atoms with Gasteiger partial charge in [0, 0.05) is 10.6 Å². The Hall–Kier alpha value is -0.730. The third kappa shape index (κ3) is 2.27. The normalized spacial score (nSPS) is 17.6. The molecule has 0 atom stereocenters. The van der Waals surface area contributed by atoms with Crippen LogP contribution < -0.4 is 10.5 Å². The molecule has 82 valence electrons. The summed E-state index contributed by atoms with van der Waals surface area (Å²) in [6, 6.07) is 3.95. The number of benzene rings is 1. The standard InChI is InChI=1S/C12H16ClNO/c1-8-5-11(15-2)9(6-10(8)13)7-12(14)3-4-12/h5-6H,3-4,7,14H2,1-2H3. The van der Waals surface area contributed by atoms with Crippen molar-refractivity contribution in [2.45, 2.75) is 31.7 Å². The molecule has 2 nitrogen and oxygen atoms in total. The van der Waals surface area contributed by atoms with Crippen molar-refractivity contribution in [3.05, 3.63) is 28.3 Å². The lowest BCUT2D eigenvalue weighted by Gasteiger charge is -2.14. The van der Waals surface area contributed by atoms with E-state index in [2.05, 4.69) is 0 Å². The van der Waals surface area contributed by atoms with Crippen LogP contribution in [0.25, 0.3) is 0 Å². The summed E-state index contributed by atoms with van der Waals surface area (Å²) in [7, 11) is 1.68. The monoisotopic (exact) mass is 225 g/mol. The van der Waals surface area contributed by atoms with Crippen LogP contribution in [0.15, 0.2) is 12.1 Å². The highest BCUT2D eigenvalue weighted by Gasteiger charge is 2.38. The lowest BCUT2D eigenvalue weighted by Crippen LogP contribution is -2.24. The van der Waals surface area contributed by atoms with Crippen LogP contribution in [0.5, 0.6) is 5.75 Å². The molecule has 2 N–H and O–H groups in total. The average molecular weight is 226 g/mol. The highest BCUT2D eigenvalue weighted by Crippen LogP contribution is 2.39. The Kier molecular flexibility index (Phi) is 2.65. The Labute approximate surface area is 95.4 Å². The van der Waals surface area contributed by atoms with Gasteiger partial charge in [0.2, 0.25) is 0 Å². The zero-order chi connectivity index (χ0) is 11.1. The molecule has 0 heterocycles. The molecule has 1 aromatic carbocycles. The SMILES string of the molecule is COc1cc(C)c(Cl)cc1CC1(N)CC1. The third-order valence-corrected chi connectivity index (χ3v) is 3.40. The van der Waals surface area contributed by atoms with E-state index in [4.69, 9.17) is 22.1 Å². The molecular formula is C12H16ClNO. The molecule has 0 spiro atoms. The number of hydrogen-bond donors (Lipinski definition) is 1. The summed E-state index contributed by atoms with van der Waals surface area (Å²) < 4.78 is 5.34. The van der Waals surface area contributed by atoms with Crippen molar-refractivity contribution in [1.29, 1.82) is 0 Å². The smallest absolute Gasteiger partial charge is 0.122 e. The summed E-state index contributed by atoms with van der Waals surface area (Å²) in [5.74, 6) is 0.897.